The lowest BCUT2D eigenvalue weighted by molar-refractivity contribution is 0.106. The molecule has 118 valence electrons. The van der Waals surface area contributed by atoms with Gasteiger partial charge in [0.15, 0.2) is 0 Å². The van der Waals surface area contributed by atoms with Gasteiger partial charge in [0, 0.05) is 5.92 Å². The average molecular weight is 311 g/mol. The number of hydrogen-bond acceptors (Lipinski definition) is 6. The first kappa shape index (κ1) is 16.6. The standard InChI is InChI=1S/C17H17N3O3/c18-9-13-1-3-15(4-2-13)19-20-16-5-7-17(8-6-16)23-12-14(10-21)11-22/h1-8,14,21-22H,10-12H2. The summed E-state index contributed by atoms with van der Waals surface area (Å²) in [5.41, 5.74) is 1.91. The molecule has 0 spiro atoms. The number of benzene rings is 2. The third kappa shape index (κ3) is 5.18. The Morgan fingerprint density at radius 2 is 1.43 bits per heavy atom. The molecule has 2 aromatic carbocycles. The summed E-state index contributed by atoms with van der Waals surface area (Å²) in [6.45, 7) is 0.0138. The maximum absolute atomic E-state index is 8.97. The molecule has 0 saturated carbocycles. The molecule has 0 aliphatic carbocycles. The van der Waals surface area contributed by atoms with Gasteiger partial charge in [-0.3, -0.25) is 0 Å². The molecule has 0 bridgehead atoms. The van der Waals surface area contributed by atoms with Gasteiger partial charge >= 0.3 is 0 Å². The van der Waals surface area contributed by atoms with Crippen LogP contribution in [0.3, 0.4) is 0 Å². The fourth-order valence-corrected chi connectivity index (χ4v) is 1.70. The number of nitrogens with zero attached hydrogens (tertiary/aromatic N) is 3. The van der Waals surface area contributed by atoms with Gasteiger partial charge in [-0.1, -0.05) is 0 Å². The molecule has 0 fully saturated rings. The van der Waals surface area contributed by atoms with Crippen molar-refractivity contribution in [1.29, 1.82) is 5.26 Å². The first-order chi connectivity index (χ1) is 11.2. The van der Waals surface area contributed by atoms with Crippen molar-refractivity contribution >= 4 is 11.4 Å². The maximum atomic E-state index is 8.97. The molecule has 6 heteroatoms. The summed E-state index contributed by atoms with van der Waals surface area (Å²) in [6.07, 6.45) is 0. The van der Waals surface area contributed by atoms with Crippen LogP contribution in [0.1, 0.15) is 5.56 Å². The molecule has 2 rings (SSSR count). The number of rotatable bonds is 7. The number of ether oxygens (including phenoxy) is 1. The molecule has 0 aliphatic rings. The van der Waals surface area contributed by atoms with Crippen molar-refractivity contribution in [1.82, 2.24) is 0 Å². The second kappa shape index (κ2) is 8.63. The van der Waals surface area contributed by atoms with Crippen molar-refractivity contribution in [2.45, 2.75) is 0 Å². The number of hydrogen-bond donors (Lipinski definition) is 2. The van der Waals surface area contributed by atoms with Crippen molar-refractivity contribution < 1.29 is 14.9 Å². The molecule has 0 saturated heterocycles. The molecule has 0 aliphatic heterocycles. The highest BCUT2D eigenvalue weighted by Crippen LogP contribution is 2.21. The Bertz CT molecular complexity index is 672. The minimum atomic E-state index is -0.286. The van der Waals surface area contributed by atoms with E-state index in [2.05, 4.69) is 10.2 Å². The number of nitriles is 1. The van der Waals surface area contributed by atoms with Crippen LogP contribution in [0.5, 0.6) is 5.75 Å². The summed E-state index contributed by atoms with van der Waals surface area (Å²) in [5.74, 6) is 0.347. The van der Waals surface area contributed by atoms with E-state index in [-0.39, 0.29) is 25.7 Å². The zero-order chi connectivity index (χ0) is 16.5. The van der Waals surface area contributed by atoms with Crippen LogP contribution in [0, 0.1) is 17.2 Å². The maximum Gasteiger partial charge on any atom is 0.119 e. The van der Waals surface area contributed by atoms with Crippen molar-refractivity contribution in [3.05, 3.63) is 54.1 Å². The van der Waals surface area contributed by atoms with Crippen LogP contribution in [-0.4, -0.2) is 30.0 Å². The van der Waals surface area contributed by atoms with Gasteiger partial charge in [0.1, 0.15) is 5.75 Å². The first-order valence-corrected chi connectivity index (χ1v) is 7.11. The van der Waals surface area contributed by atoms with Crippen LogP contribution in [0.4, 0.5) is 11.4 Å². The first-order valence-electron chi connectivity index (χ1n) is 7.11. The summed E-state index contributed by atoms with van der Waals surface area (Å²) in [7, 11) is 0. The largest absolute Gasteiger partial charge is 0.493 e. The van der Waals surface area contributed by atoms with E-state index in [4.69, 9.17) is 20.2 Å². The molecule has 0 atom stereocenters. The Hall–Kier alpha value is -2.75. The Morgan fingerprint density at radius 3 is 1.91 bits per heavy atom. The van der Waals surface area contributed by atoms with Gasteiger partial charge in [-0.2, -0.15) is 15.5 Å². The number of aliphatic hydroxyl groups excluding tert-OH is 2. The number of azo groups is 1. The molecule has 0 unspecified atom stereocenters. The predicted molar refractivity (Wildman–Crippen MR) is 84.9 cm³/mol. The lowest BCUT2D eigenvalue weighted by atomic mass is 10.2. The van der Waals surface area contributed by atoms with Gasteiger partial charge < -0.3 is 14.9 Å². The predicted octanol–water partition coefficient (Wildman–Crippen LogP) is 2.95. The normalized spacial score (nSPS) is 10.9. The van der Waals surface area contributed by atoms with E-state index >= 15 is 0 Å². The third-order valence-corrected chi connectivity index (χ3v) is 3.12. The van der Waals surface area contributed by atoms with Crippen LogP contribution in [0.15, 0.2) is 58.8 Å². The van der Waals surface area contributed by atoms with Gasteiger partial charge in [-0.15, -0.1) is 0 Å². The fraction of sp³-hybridized carbons (Fsp3) is 0.235. The summed E-state index contributed by atoms with van der Waals surface area (Å²) in [6, 6.07) is 15.9. The number of aliphatic hydroxyl groups is 2. The highest BCUT2D eigenvalue weighted by molar-refractivity contribution is 5.44. The van der Waals surface area contributed by atoms with E-state index in [1.807, 2.05) is 6.07 Å². The average Bonchev–Trinajstić information content (AvgIpc) is 2.62. The highest BCUT2D eigenvalue weighted by atomic mass is 16.5. The van der Waals surface area contributed by atoms with E-state index in [1.54, 1.807) is 48.5 Å². The highest BCUT2D eigenvalue weighted by Gasteiger charge is 2.06. The second-order valence-electron chi connectivity index (χ2n) is 4.89. The Balaban J connectivity index is 1.93. The zero-order valence-electron chi connectivity index (χ0n) is 12.5. The van der Waals surface area contributed by atoms with Crippen LogP contribution < -0.4 is 4.74 Å². The monoisotopic (exact) mass is 311 g/mol. The zero-order valence-corrected chi connectivity index (χ0v) is 12.5. The van der Waals surface area contributed by atoms with E-state index in [0.717, 1.165) is 0 Å². The molecular formula is C17H17N3O3. The molecule has 2 N–H and O–H groups in total. The summed E-state index contributed by atoms with van der Waals surface area (Å²) >= 11 is 0. The molecule has 2 aromatic rings. The molecule has 6 nitrogen and oxygen atoms in total. The SMILES string of the molecule is N#Cc1ccc(N=Nc2ccc(OCC(CO)CO)cc2)cc1. The minimum Gasteiger partial charge on any atom is -0.493 e. The van der Waals surface area contributed by atoms with Gasteiger partial charge in [-0.25, -0.2) is 0 Å². The van der Waals surface area contributed by atoms with E-state index < -0.39 is 0 Å². The Labute approximate surface area is 134 Å². The minimum absolute atomic E-state index is 0.118. The van der Waals surface area contributed by atoms with Gasteiger partial charge in [-0.05, 0) is 48.5 Å². The van der Waals surface area contributed by atoms with Crippen molar-refractivity contribution in [2.75, 3.05) is 19.8 Å². The summed E-state index contributed by atoms with van der Waals surface area (Å²) in [5, 5.41) is 34.9. The van der Waals surface area contributed by atoms with Gasteiger partial charge in [0.2, 0.25) is 0 Å². The van der Waals surface area contributed by atoms with E-state index in [9.17, 15) is 0 Å². The summed E-state index contributed by atoms with van der Waals surface area (Å²) < 4.78 is 5.47. The molecule has 0 aromatic heterocycles. The van der Waals surface area contributed by atoms with Crippen LogP contribution in [-0.2, 0) is 0 Å². The van der Waals surface area contributed by atoms with Crippen LogP contribution in [0.25, 0.3) is 0 Å². The fourth-order valence-electron chi connectivity index (χ4n) is 1.70. The molecule has 0 heterocycles. The van der Waals surface area contributed by atoms with Crippen LogP contribution >= 0.6 is 0 Å². The Morgan fingerprint density at radius 1 is 0.913 bits per heavy atom. The van der Waals surface area contributed by atoms with Gasteiger partial charge in [0.25, 0.3) is 0 Å². The van der Waals surface area contributed by atoms with Crippen molar-refractivity contribution in [2.24, 2.45) is 16.1 Å². The molecule has 0 radical (unpaired) electrons. The van der Waals surface area contributed by atoms with Crippen molar-refractivity contribution in [3.63, 3.8) is 0 Å². The van der Waals surface area contributed by atoms with E-state index in [0.29, 0.717) is 22.7 Å². The van der Waals surface area contributed by atoms with Gasteiger partial charge in [0.05, 0.1) is 42.8 Å². The topological polar surface area (TPSA) is 98.2 Å². The smallest absolute Gasteiger partial charge is 0.119 e. The third-order valence-electron chi connectivity index (χ3n) is 3.12. The molecular weight excluding hydrogens is 294 g/mol. The quantitative estimate of drug-likeness (QED) is 0.768. The molecule has 23 heavy (non-hydrogen) atoms. The van der Waals surface area contributed by atoms with Crippen LogP contribution in [0.2, 0.25) is 0 Å². The lowest BCUT2D eigenvalue weighted by Gasteiger charge is -2.12. The van der Waals surface area contributed by atoms with E-state index in [1.165, 1.54) is 0 Å². The second-order valence-corrected chi connectivity index (χ2v) is 4.89. The van der Waals surface area contributed by atoms with Crippen molar-refractivity contribution in [3.8, 4) is 11.8 Å². The molecule has 0 amide bonds. The summed E-state index contributed by atoms with van der Waals surface area (Å²) in [4.78, 5) is 0. The lowest BCUT2D eigenvalue weighted by Crippen LogP contribution is -2.19. The Kier molecular flexibility index (Phi) is 6.24.